The molecule has 0 fully saturated rings. The Hall–Kier alpha value is -2.60. The van der Waals surface area contributed by atoms with Crippen molar-refractivity contribution in [3.8, 4) is 0 Å². The molecule has 23 heavy (non-hydrogen) atoms. The first-order valence-electron chi connectivity index (χ1n) is 7.06. The maximum Gasteiger partial charge on any atom is 0.289 e. The number of carbonyl (C=O) groups is 1. The molecule has 1 amide bonds. The third-order valence-corrected chi connectivity index (χ3v) is 3.53. The molecule has 6 nitrogen and oxygen atoms in total. The van der Waals surface area contributed by atoms with Gasteiger partial charge in [0.15, 0.2) is 0 Å². The molecule has 0 unspecified atom stereocenters. The van der Waals surface area contributed by atoms with E-state index in [-0.39, 0.29) is 23.2 Å². The molecule has 0 aliphatic carbocycles. The number of carbonyl (C=O) groups excluding carboxylic acids is 1. The lowest BCUT2D eigenvalue weighted by Gasteiger charge is -2.09. The van der Waals surface area contributed by atoms with E-state index >= 15 is 0 Å². The molecular weight excluding hydrogens is 318 g/mol. The molecule has 2 aromatic carbocycles. The number of aryl methyl sites for hydroxylation is 1. The Morgan fingerprint density at radius 2 is 2.00 bits per heavy atom. The van der Waals surface area contributed by atoms with Gasteiger partial charge in [0.1, 0.15) is 5.02 Å². The summed E-state index contributed by atoms with van der Waals surface area (Å²) in [6.45, 7) is 2.03. The Labute approximate surface area is 138 Å². The van der Waals surface area contributed by atoms with Gasteiger partial charge in [-0.3, -0.25) is 14.9 Å². The monoisotopic (exact) mass is 333 g/mol. The molecule has 0 heterocycles. The zero-order valence-corrected chi connectivity index (χ0v) is 13.3. The second-order valence-electron chi connectivity index (χ2n) is 4.88. The lowest BCUT2D eigenvalue weighted by atomic mass is 10.1. The van der Waals surface area contributed by atoms with E-state index in [1.54, 1.807) is 6.07 Å². The summed E-state index contributed by atoms with van der Waals surface area (Å²) < 4.78 is 0. The molecule has 2 N–H and O–H groups in total. The highest BCUT2D eigenvalue weighted by atomic mass is 35.5. The van der Waals surface area contributed by atoms with Crippen molar-refractivity contribution in [2.24, 2.45) is 0 Å². The first-order chi connectivity index (χ1) is 11.0. The average Bonchev–Trinajstić information content (AvgIpc) is 2.54. The van der Waals surface area contributed by atoms with E-state index < -0.39 is 4.92 Å². The second-order valence-corrected chi connectivity index (χ2v) is 5.29. The summed E-state index contributed by atoms with van der Waals surface area (Å²) in [6.07, 6.45) is 0.885. The predicted molar refractivity (Wildman–Crippen MR) is 91.0 cm³/mol. The molecule has 0 aliphatic rings. The van der Waals surface area contributed by atoms with Gasteiger partial charge in [-0.25, -0.2) is 0 Å². The topological polar surface area (TPSA) is 84.3 Å². The van der Waals surface area contributed by atoms with Gasteiger partial charge >= 0.3 is 0 Å². The van der Waals surface area contributed by atoms with Crippen molar-refractivity contribution >= 4 is 34.6 Å². The molecule has 2 rings (SSSR count). The number of nitrogens with one attached hydrogen (secondary N) is 2. The summed E-state index contributed by atoms with van der Waals surface area (Å²) in [5, 5.41) is 16.5. The largest absolute Gasteiger partial charge is 0.376 e. The number of nitrogens with zero attached hydrogens (tertiary/aromatic N) is 1. The fraction of sp³-hybridized carbons (Fsp3) is 0.188. The van der Waals surface area contributed by atoms with Gasteiger partial charge in [0, 0.05) is 17.4 Å². The molecule has 0 aliphatic heterocycles. The van der Waals surface area contributed by atoms with Crippen LogP contribution in [-0.2, 0) is 11.2 Å². The number of nitro benzene ring substituents is 1. The highest BCUT2D eigenvalue weighted by molar-refractivity contribution is 6.32. The van der Waals surface area contributed by atoms with Gasteiger partial charge in [0.05, 0.1) is 11.5 Å². The van der Waals surface area contributed by atoms with Gasteiger partial charge in [-0.1, -0.05) is 30.7 Å². The van der Waals surface area contributed by atoms with E-state index in [9.17, 15) is 14.9 Å². The molecule has 0 radical (unpaired) electrons. The van der Waals surface area contributed by atoms with E-state index in [1.165, 1.54) is 12.1 Å². The van der Waals surface area contributed by atoms with Crippen LogP contribution in [0.3, 0.4) is 0 Å². The lowest BCUT2D eigenvalue weighted by molar-refractivity contribution is -0.384. The fourth-order valence-corrected chi connectivity index (χ4v) is 2.21. The van der Waals surface area contributed by atoms with Crippen molar-refractivity contribution in [3.05, 3.63) is 63.2 Å². The summed E-state index contributed by atoms with van der Waals surface area (Å²) in [7, 11) is 0. The van der Waals surface area contributed by atoms with E-state index in [2.05, 4.69) is 10.6 Å². The predicted octanol–water partition coefficient (Wildman–Crippen LogP) is 3.86. The number of rotatable bonds is 6. The number of benzene rings is 2. The maximum atomic E-state index is 11.9. The smallest absolute Gasteiger partial charge is 0.289 e. The average molecular weight is 334 g/mol. The number of anilines is 2. The van der Waals surface area contributed by atoms with E-state index in [1.807, 2.05) is 31.2 Å². The van der Waals surface area contributed by atoms with Gasteiger partial charge < -0.3 is 10.6 Å². The Bertz CT molecular complexity index is 734. The molecule has 0 atom stereocenters. The summed E-state index contributed by atoms with van der Waals surface area (Å²) in [5.41, 5.74) is 2.11. The standard InChI is InChI=1S/C16H16ClN3O3/c1-2-11-4-3-5-13(8-11)19-16(21)10-18-12-6-7-14(17)15(9-12)20(22)23/h3-9,18H,2,10H2,1H3,(H,19,21). The minimum Gasteiger partial charge on any atom is -0.376 e. The zero-order chi connectivity index (χ0) is 16.8. The van der Waals surface area contributed by atoms with Crippen LogP contribution in [0.15, 0.2) is 42.5 Å². The molecular formula is C16H16ClN3O3. The molecule has 120 valence electrons. The van der Waals surface area contributed by atoms with Crippen LogP contribution in [0.1, 0.15) is 12.5 Å². The highest BCUT2D eigenvalue weighted by Crippen LogP contribution is 2.27. The van der Waals surface area contributed by atoms with Crippen LogP contribution in [0.2, 0.25) is 5.02 Å². The normalized spacial score (nSPS) is 10.2. The summed E-state index contributed by atoms with van der Waals surface area (Å²) in [4.78, 5) is 22.2. The number of amides is 1. The van der Waals surface area contributed by atoms with Crippen LogP contribution in [0.5, 0.6) is 0 Å². The molecule has 0 aromatic heterocycles. The second kappa shape index (κ2) is 7.60. The number of hydrogen-bond donors (Lipinski definition) is 2. The molecule has 2 aromatic rings. The van der Waals surface area contributed by atoms with Gasteiger partial charge in [0.2, 0.25) is 5.91 Å². The van der Waals surface area contributed by atoms with Crippen LogP contribution in [0.25, 0.3) is 0 Å². The minimum atomic E-state index is -0.566. The Balaban J connectivity index is 1.96. The van der Waals surface area contributed by atoms with E-state index in [0.717, 1.165) is 17.7 Å². The number of halogens is 1. The third-order valence-electron chi connectivity index (χ3n) is 3.21. The van der Waals surface area contributed by atoms with Crippen LogP contribution in [-0.4, -0.2) is 17.4 Å². The van der Waals surface area contributed by atoms with Crippen molar-refractivity contribution in [2.45, 2.75) is 13.3 Å². The van der Waals surface area contributed by atoms with Gasteiger partial charge in [-0.15, -0.1) is 0 Å². The van der Waals surface area contributed by atoms with Crippen LogP contribution in [0.4, 0.5) is 17.1 Å². The Morgan fingerprint density at radius 1 is 1.22 bits per heavy atom. The van der Waals surface area contributed by atoms with Gasteiger partial charge in [-0.2, -0.15) is 0 Å². The number of hydrogen-bond acceptors (Lipinski definition) is 4. The van der Waals surface area contributed by atoms with Crippen molar-refractivity contribution < 1.29 is 9.72 Å². The van der Waals surface area contributed by atoms with E-state index in [4.69, 9.17) is 11.6 Å². The minimum absolute atomic E-state index is 0.00482. The fourth-order valence-electron chi connectivity index (χ4n) is 2.02. The summed E-state index contributed by atoms with van der Waals surface area (Å²) >= 11 is 5.74. The Kier molecular flexibility index (Phi) is 5.54. The first kappa shape index (κ1) is 16.8. The molecule has 7 heteroatoms. The Morgan fingerprint density at radius 3 is 2.70 bits per heavy atom. The molecule has 0 saturated heterocycles. The van der Waals surface area contributed by atoms with Crippen LogP contribution < -0.4 is 10.6 Å². The van der Waals surface area contributed by atoms with Gasteiger partial charge in [-0.05, 0) is 36.2 Å². The SMILES string of the molecule is CCc1cccc(NC(=O)CNc2ccc(Cl)c([N+](=O)[O-])c2)c1. The van der Waals surface area contributed by atoms with Crippen LogP contribution >= 0.6 is 11.6 Å². The summed E-state index contributed by atoms with van der Waals surface area (Å²) in [6, 6.07) is 11.9. The van der Waals surface area contributed by atoms with Crippen molar-refractivity contribution in [1.29, 1.82) is 0 Å². The summed E-state index contributed by atoms with van der Waals surface area (Å²) in [5.74, 6) is -0.240. The van der Waals surface area contributed by atoms with E-state index in [0.29, 0.717) is 5.69 Å². The number of nitro groups is 1. The zero-order valence-electron chi connectivity index (χ0n) is 12.5. The quantitative estimate of drug-likeness (QED) is 0.621. The third kappa shape index (κ3) is 4.69. The molecule has 0 saturated carbocycles. The highest BCUT2D eigenvalue weighted by Gasteiger charge is 2.13. The lowest BCUT2D eigenvalue weighted by Crippen LogP contribution is -2.21. The molecule has 0 spiro atoms. The molecule has 0 bridgehead atoms. The van der Waals surface area contributed by atoms with Crippen molar-refractivity contribution in [2.75, 3.05) is 17.2 Å². The van der Waals surface area contributed by atoms with Gasteiger partial charge in [0.25, 0.3) is 5.69 Å². The van der Waals surface area contributed by atoms with Crippen LogP contribution in [0, 0.1) is 10.1 Å². The van der Waals surface area contributed by atoms with Crippen molar-refractivity contribution in [1.82, 2.24) is 0 Å². The maximum absolute atomic E-state index is 11.9. The van der Waals surface area contributed by atoms with Crippen molar-refractivity contribution in [3.63, 3.8) is 0 Å². The first-order valence-corrected chi connectivity index (χ1v) is 7.44.